The van der Waals surface area contributed by atoms with Gasteiger partial charge in [0, 0.05) is 25.7 Å². The lowest BCUT2D eigenvalue weighted by Gasteiger charge is -2.31. The summed E-state index contributed by atoms with van der Waals surface area (Å²) < 4.78 is 5.78. The monoisotopic (exact) mass is 242 g/mol. The molecule has 1 aliphatic rings. The van der Waals surface area contributed by atoms with Crippen LogP contribution in [-0.2, 0) is 4.74 Å². The Hall–Kier alpha value is -0.120. The summed E-state index contributed by atoms with van der Waals surface area (Å²) in [5, 5.41) is 3.52. The molecule has 0 aromatic carbocycles. The highest BCUT2D eigenvalue weighted by Gasteiger charge is 2.18. The average molecular weight is 242 g/mol. The second-order valence-corrected chi connectivity index (χ2v) is 5.33. The quantitative estimate of drug-likeness (QED) is 0.661. The van der Waals surface area contributed by atoms with Crippen LogP contribution in [0.1, 0.15) is 46.0 Å². The predicted molar refractivity (Wildman–Crippen MR) is 73.5 cm³/mol. The van der Waals surface area contributed by atoms with Crippen LogP contribution in [0.4, 0.5) is 0 Å². The number of nitrogens with zero attached hydrogens (tertiary/aromatic N) is 1. The van der Waals surface area contributed by atoms with Gasteiger partial charge in [-0.05, 0) is 46.2 Å². The van der Waals surface area contributed by atoms with E-state index in [1.165, 1.54) is 32.1 Å². The SMILES string of the molecule is CCCCNCC(C)N(C)CC1CCCCO1. The van der Waals surface area contributed by atoms with Gasteiger partial charge in [-0.25, -0.2) is 0 Å². The molecule has 2 unspecified atom stereocenters. The molecule has 1 rings (SSSR count). The Morgan fingerprint density at radius 3 is 2.88 bits per heavy atom. The molecular weight excluding hydrogens is 212 g/mol. The fraction of sp³-hybridized carbons (Fsp3) is 1.00. The molecule has 0 saturated carbocycles. The van der Waals surface area contributed by atoms with Crippen molar-refractivity contribution in [1.82, 2.24) is 10.2 Å². The molecule has 1 heterocycles. The molecule has 0 bridgehead atoms. The summed E-state index contributed by atoms with van der Waals surface area (Å²) >= 11 is 0. The standard InChI is InChI=1S/C14H30N2O/c1-4-5-9-15-11-13(2)16(3)12-14-8-6-7-10-17-14/h13-15H,4-12H2,1-3H3. The van der Waals surface area contributed by atoms with Crippen molar-refractivity contribution in [3.8, 4) is 0 Å². The van der Waals surface area contributed by atoms with E-state index in [4.69, 9.17) is 4.74 Å². The molecule has 1 fully saturated rings. The van der Waals surface area contributed by atoms with Gasteiger partial charge in [-0.15, -0.1) is 0 Å². The van der Waals surface area contributed by atoms with E-state index in [0.717, 1.165) is 26.2 Å². The van der Waals surface area contributed by atoms with Gasteiger partial charge in [0.05, 0.1) is 6.10 Å². The zero-order valence-electron chi connectivity index (χ0n) is 11.9. The zero-order chi connectivity index (χ0) is 12.5. The molecule has 2 atom stereocenters. The number of rotatable bonds is 8. The molecule has 0 aromatic heterocycles. The highest BCUT2D eigenvalue weighted by molar-refractivity contribution is 4.72. The van der Waals surface area contributed by atoms with Gasteiger partial charge in [0.15, 0.2) is 0 Å². The van der Waals surface area contributed by atoms with Gasteiger partial charge >= 0.3 is 0 Å². The van der Waals surface area contributed by atoms with Crippen molar-refractivity contribution in [3.05, 3.63) is 0 Å². The first-order valence-electron chi connectivity index (χ1n) is 7.26. The molecule has 1 saturated heterocycles. The number of nitrogens with one attached hydrogen (secondary N) is 1. The summed E-state index contributed by atoms with van der Waals surface area (Å²) in [4.78, 5) is 2.43. The maximum absolute atomic E-state index is 5.78. The van der Waals surface area contributed by atoms with Gasteiger partial charge < -0.3 is 10.1 Å². The number of ether oxygens (including phenoxy) is 1. The maximum Gasteiger partial charge on any atom is 0.0702 e. The first-order valence-corrected chi connectivity index (χ1v) is 7.26. The lowest BCUT2D eigenvalue weighted by Crippen LogP contribution is -2.43. The van der Waals surface area contributed by atoms with Crippen molar-refractivity contribution in [1.29, 1.82) is 0 Å². The topological polar surface area (TPSA) is 24.5 Å². The van der Waals surface area contributed by atoms with Crippen LogP contribution in [0.5, 0.6) is 0 Å². The fourth-order valence-electron chi connectivity index (χ4n) is 2.22. The van der Waals surface area contributed by atoms with Gasteiger partial charge in [-0.1, -0.05) is 13.3 Å². The fourth-order valence-corrected chi connectivity index (χ4v) is 2.22. The van der Waals surface area contributed by atoms with Crippen molar-refractivity contribution in [2.75, 3.05) is 33.3 Å². The van der Waals surface area contributed by atoms with Crippen LogP contribution < -0.4 is 5.32 Å². The average Bonchev–Trinajstić information content (AvgIpc) is 2.35. The Morgan fingerprint density at radius 2 is 2.24 bits per heavy atom. The van der Waals surface area contributed by atoms with Gasteiger partial charge in [0.2, 0.25) is 0 Å². The number of hydrogen-bond acceptors (Lipinski definition) is 3. The maximum atomic E-state index is 5.78. The Bertz CT molecular complexity index is 181. The van der Waals surface area contributed by atoms with Crippen LogP contribution in [0, 0.1) is 0 Å². The predicted octanol–water partition coefficient (Wildman–Crippen LogP) is 2.27. The van der Waals surface area contributed by atoms with Crippen LogP contribution in [0.25, 0.3) is 0 Å². The van der Waals surface area contributed by atoms with Crippen molar-refractivity contribution in [3.63, 3.8) is 0 Å². The summed E-state index contributed by atoms with van der Waals surface area (Å²) in [5.74, 6) is 0. The largest absolute Gasteiger partial charge is 0.377 e. The Kier molecular flexibility index (Phi) is 7.82. The van der Waals surface area contributed by atoms with E-state index in [1.807, 2.05) is 0 Å². The van der Waals surface area contributed by atoms with Gasteiger partial charge in [0.25, 0.3) is 0 Å². The molecule has 102 valence electrons. The molecular formula is C14H30N2O. The lowest BCUT2D eigenvalue weighted by atomic mass is 10.1. The summed E-state index contributed by atoms with van der Waals surface area (Å²) in [6.07, 6.45) is 6.83. The van der Waals surface area contributed by atoms with E-state index in [9.17, 15) is 0 Å². The minimum Gasteiger partial charge on any atom is -0.377 e. The van der Waals surface area contributed by atoms with E-state index in [0.29, 0.717) is 12.1 Å². The van der Waals surface area contributed by atoms with Gasteiger partial charge in [0.1, 0.15) is 0 Å². The summed E-state index contributed by atoms with van der Waals surface area (Å²) in [6.45, 7) is 8.80. The van der Waals surface area contributed by atoms with E-state index in [2.05, 4.69) is 31.1 Å². The highest BCUT2D eigenvalue weighted by atomic mass is 16.5. The third-order valence-electron chi connectivity index (χ3n) is 3.66. The van der Waals surface area contributed by atoms with E-state index >= 15 is 0 Å². The Labute approximate surface area is 107 Å². The van der Waals surface area contributed by atoms with Crippen LogP contribution in [0.3, 0.4) is 0 Å². The van der Waals surface area contributed by atoms with E-state index in [1.54, 1.807) is 0 Å². The molecule has 3 nitrogen and oxygen atoms in total. The molecule has 0 radical (unpaired) electrons. The molecule has 1 N–H and O–H groups in total. The van der Waals surface area contributed by atoms with Crippen molar-refractivity contribution < 1.29 is 4.74 Å². The normalized spacial score (nSPS) is 22.9. The van der Waals surface area contributed by atoms with Gasteiger partial charge in [-0.2, -0.15) is 0 Å². The zero-order valence-corrected chi connectivity index (χ0v) is 11.9. The highest BCUT2D eigenvalue weighted by Crippen LogP contribution is 2.14. The first kappa shape index (κ1) is 14.9. The number of likely N-dealkylation sites (N-methyl/N-ethyl adjacent to an activating group) is 1. The Morgan fingerprint density at radius 1 is 1.41 bits per heavy atom. The van der Waals surface area contributed by atoms with Gasteiger partial charge in [-0.3, -0.25) is 4.90 Å². The Balaban J connectivity index is 2.10. The summed E-state index contributed by atoms with van der Waals surface area (Å²) in [6, 6.07) is 0.595. The molecule has 17 heavy (non-hydrogen) atoms. The third kappa shape index (κ3) is 6.39. The molecule has 0 spiro atoms. The molecule has 0 aromatic rings. The molecule has 0 amide bonds. The first-order chi connectivity index (χ1) is 8.24. The smallest absolute Gasteiger partial charge is 0.0702 e. The van der Waals surface area contributed by atoms with Crippen molar-refractivity contribution in [2.24, 2.45) is 0 Å². The van der Waals surface area contributed by atoms with Crippen LogP contribution in [0.2, 0.25) is 0 Å². The number of unbranched alkanes of at least 4 members (excludes halogenated alkanes) is 1. The molecule has 3 heteroatoms. The second kappa shape index (κ2) is 8.90. The minimum atomic E-state index is 0.465. The van der Waals surface area contributed by atoms with E-state index in [-0.39, 0.29) is 0 Å². The van der Waals surface area contributed by atoms with Crippen LogP contribution in [0.15, 0.2) is 0 Å². The molecule has 0 aliphatic carbocycles. The van der Waals surface area contributed by atoms with Crippen LogP contribution >= 0.6 is 0 Å². The second-order valence-electron chi connectivity index (χ2n) is 5.33. The van der Waals surface area contributed by atoms with Crippen LogP contribution in [-0.4, -0.2) is 50.3 Å². The minimum absolute atomic E-state index is 0.465. The number of hydrogen-bond donors (Lipinski definition) is 1. The summed E-state index contributed by atoms with van der Waals surface area (Å²) in [7, 11) is 2.21. The lowest BCUT2D eigenvalue weighted by molar-refractivity contribution is -0.00687. The van der Waals surface area contributed by atoms with Crippen molar-refractivity contribution in [2.45, 2.75) is 58.1 Å². The third-order valence-corrected chi connectivity index (χ3v) is 3.66. The van der Waals surface area contributed by atoms with E-state index < -0.39 is 0 Å². The summed E-state index contributed by atoms with van der Waals surface area (Å²) in [5.41, 5.74) is 0. The molecule has 1 aliphatic heterocycles. The van der Waals surface area contributed by atoms with Crippen molar-refractivity contribution >= 4 is 0 Å².